The maximum atomic E-state index is 13.0. The average molecular weight is 384 g/mol. The highest BCUT2D eigenvalue weighted by atomic mass is 32.1. The summed E-state index contributed by atoms with van der Waals surface area (Å²) in [5.41, 5.74) is 1.24. The lowest BCUT2D eigenvalue weighted by Crippen LogP contribution is -2.40. The number of anilines is 1. The van der Waals surface area contributed by atoms with Crippen LogP contribution in [0.5, 0.6) is 11.5 Å². The minimum Gasteiger partial charge on any atom is -0.497 e. The fourth-order valence-corrected chi connectivity index (χ4v) is 2.52. The van der Waals surface area contributed by atoms with E-state index in [0.29, 0.717) is 22.7 Å². The van der Waals surface area contributed by atoms with Gasteiger partial charge in [-0.25, -0.2) is 0 Å². The van der Waals surface area contributed by atoms with Gasteiger partial charge < -0.3 is 19.7 Å². The van der Waals surface area contributed by atoms with E-state index >= 15 is 0 Å². The zero-order chi connectivity index (χ0) is 19.2. The summed E-state index contributed by atoms with van der Waals surface area (Å²) in [5.74, 6) is 1.21. The molecule has 0 amide bonds. The molecule has 26 heavy (non-hydrogen) atoms. The van der Waals surface area contributed by atoms with Gasteiger partial charge in [-0.05, 0) is 42.0 Å². The Hall–Kier alpha value is -2.48. The van der Waals surface area contributed by atoms with Crippen molar-refractivity contribution in [2.24, 2.45) is 0 Å². The lowest BCUT2D eigenvalue weighted by atomic mass is 10.2. The highest BCUT2D eigenvalue weighted by Crippen LogP contribution is 2.22. The molecule has 2 aromatic rings. The number of hydrogen-bond donors (Lipinski definition) is 1. The maximum Gasteiger partial charge on any atom is 0.406 e. The molecule has 0 atom stereocenters. The van der Waals surface area contributed by atoms with Crippen LogP contribution in [0.15, 0.2) is 48.5 Å². The fraction of sp³-hybridized carbons (Fsp3) is 0.278. The summed E-state index contributed by atoms with van der Waals surface area (Å²) in [6.45, 7) is -1.14. The first-order valence-corrected chi connectivity index (χ1v) is 8.11. The summed E-state index contributed by atoms with van der Waals surface area (Å²) in [7, 11) is 3.04. The number of halogens is 3. The number of alkyl halides is 3. The normalized spacial score (nSPS) is 11.0. The van der Waals surface area contributed by atoms with Crippen LogP contribution in [0.25, 0.3) is 0 Å². The molecule has 0 radical (unpaired) electrons. The summed E-state index contributed by atoms with van der Waals surface area (Å²) in [6.07, 6.45) is -4.38. The van der Waals surface area contributed by atoms with Gasteiger partial charge in [-0.2, -0.15) is 13.2 Å². The molecule has 0 fully saturated rings. The van der Waals surface area contributed by atoms with E-state index < -0.39 is 12.7 Å². The minimum atomic E-state index is -4.38. The molecule has 0 saturated heterocycles. The van der Waals surface area contributed by atoms with E-state index in [1.807, 2.05) is 0 Å². The molecule has 0 unspecified atom stereocenters. The monoisotopic (exact) mass is 384 g/mol. The molecule has 1 N–H and O–H groups in total. The average Bonchev–Trinajstić information content (AvgIpc) is 2.61. The van der Waals surface area contributed by atoms with Crippen molar-refractivity contribution in [3.8, 4) is 11.5 Å². The van der Waals surface area contributed by atoms with Gasteiger partial charge in [0.25, 0.3) is 0 Å². The molecule has 0 aromatic heterocycles. The smallest absolute Gasteiger partial charge is 0.406 e. The Morgan fingerprint density at radius 3 is 2.27 bits per heavy atom. The third kappa shape index (κ3) is 6.11. The van der Waals surface area contributed by atoms with Crippen LogP contribution < -0.4 is 14.8 Å². The molecule has 0 bridgehead atoms. The molecule has 0 spiro atoms. The third-order valence-electron chi connectivity index (χ3n) is 3.51. The number of hydrogen-bond acceptors (Lipinski definition) is 3. The largest absolute Gasteiger partial charge is 0.497 e. The molecule has 0 saturated carbocycles. The van der Waals surface area contributed by atoms with Crippen molar-refractivity contribution >= 4 is 23.0 Å². The Morgan fingerprint density at radius 1 is 1.04 bits per heavy atom. The number of thiocarbonyl (C=S) groups is 1. The van der Waals surface area contributed by atoms with E-state index in [0.717, 1.165) is 4.90 Å². The van der Waals surface area contributed by atoms with Crippen LogP contribution in [0.3, 0.4) is 0 Å². The summed E-state index contributed by atoms with van der Waals surface area (Å²) in [6, 6.07) is 13.6. The number of methoxy groups -OCH3 is 2. The van der Waals surface area contributed by atoms with Crippen LogP contribution in [-0.2, 0) is 6.54 Å². The van der Waals surface area contributed by atoms with Gasteiger partial charge in [0.2, 0.25) is 0 Å². The summed E-state index contributed by atoms with van der Waals surface area (Å²) in [5, 5.41) is 2.81. The Bertz CT molecular complexity index is 736. The molecule has 0 heterocycles. The number of nitrogens with zero attached hydrogens (tertiary/aromatic N) is 1. The first-order valence-electron chi connectivity index (χ1n) is 7.70. The van der Waals surface area contributed by atoms with Crippen LogP contribution in [0.1, 0.15) is 5.56 Å². The first-order chi connectivity index (χ1) is 12.3. The Labute approximate surface area is 155 Å². The number of benzene rings is 2. The molecule has 2 rings (SSSR count). The zero-order valence-corrected chi connectivity index (χ0v) is 15.2. The maximum absolute atomic E-state index is 13.0. The molecule has 0 aliphatic rings. The summed E-state index contributed by atoms with van der Waals surface area (Å²) >= 11 is 5.20. The van der Waals surface area contributed by atoms with Gasteiger partial charge >= 0.3 is 6.18 Å². The van der Waals surface area contributed by atoms with Crippen LogP contribution in [0.4, 0.5) is 18.9 Å². The number of nitrogens with one attached hydrogen (secondary N) is 1. The SMILES string of the molecule is COc1ccc(CN(CC(F)(F)F)C(=S)Nc2cccc(OC)c2)cc1. The molecular weight excluding hydrogens is 365 g/mol. The van der Waals surface area contributed by atoms with E-state index in [4.69, 9.17) is 21.7 Å². The number of rotatable bonds is 6. The zero-order valence-electron chi connectivity index (χ0n) is 14.3. The molecule has 0 aliphatic heterocycles. The third-order valence-corrected chi connectivity index (χ3v) is 3.87. The second-order valence-electron chi connectivity index (χ2n) is 5.48. The van der Waals surface area contributed by atoms with Crippen molar-refractivity contribution in [3.63, 3.8) is 0 Å². The molecule has 0 aliphatic carbocycles. The van der Waals surface area contributed by atoms with E-state index in [-0.39, 0.29) is 11.7 Å². The second kappa shape index (κ2) is 8.75. The van der Waals surface area contributed by atoms with Crippen molar-refractivity contribution < 1.29 is 22.6 Å². The van der Waals surface area contributed by atoms with E-state index in [1.54, 1.807) is 48.5 Å². The van der Waals surface area contributed by atoms with Crippen molar-refractivity contribution in [1.29, 1.82) is 0 Å². The van der Waals surface area contributed by atoms with Gasteiger partial charge in [0.1, 0.15) is 18.0 Å². The second-order valence-corrected chi connectivity index (χ2v) is 5.87. The van der Waals surface area contributed by atoms with Crippen molar-refractivity contribution in [3.05, 3.63) is 54.1 Å². The van der Waals surface area contributed by atoms with Crippen LogP contribution in [-0.4, -0.2) is 37.0 Å². The highest BCUT2D eigenvalue weighted by Gasteiger charge is 2.32. The van der Waals surface area contributed by atoms with Gasteiger partial charge in [0.15, 0.2) is 5.11 Å². The lowest BCUT2D eigenvalue weighted by Gasteiger charge is -2.27. The van der Waals surface area contributed by atoms with Gasteiger partial charge in [0.05, 0.1) is 14.2 Å². The van der Waals surface area contributed by atoms with Crippen molar-refractivity contribution in [2.45, 2.75) is 12.7 Å². The van der Waals surface area contributed by atoms with Crippen molar-refractivity contribution in [2.75, 3.05) is 26.1 Å². The van der Waals surface area contributed by atoms with E-state index in [9.17, 15) is 13.2 Å². The highest BCUT2D eigenvalue weighted by molar-refractivity contribution is 7.80. The van der Waals surface area contributed by atoms with Crippen molar-refractivity contribution in [1.82, 2.24) is 4.90 Å². The molecule has 8 heteroatoms. The summed E-state index contributed by atoms with van der Waals surface area (Å²) < 4.78 is 49.1. The van der Waals surface area contributed by atoms with Gasteiger partial charge in [0, 0.05) is 18.3 Å². The quantitative estimate of drug-likeness (QED) is 0.744. The topological polar surface area (TPSA) is 33.7 Å². The predicted molar refractivity (Wildman–Crippen MR) is 98.7 cm³/mol. The molecule has 4 nitrogen and oxygen atoms in total. The standard InChI is InChI=1S/C18H19F3N2O2S/c1-24-15-8-6-13(7-9-15)11-23(12-18(19,20)21)17(26)22-14-4-3-5-16(10-14)25-2/h3-10H,11-12H2,1-2H3,(H,22,26). The van der Waals surface area contributed by atoms with Gasteiger partial charge in [-0.15, -0.1) is 0 Å². The fourth-order valence-electron chi connectivity index (χ4n) is 2.27. The minimum absolute atomic E-state index is 0.0132. The predicted octanol–water partition coefficient (Wildman–Crippen LogP) is 4.47. The van der Waals surface area contributed by atoms with Gasteiger partial charge in [-0.1, -0.05) is 18.2 Å². The Morgan fingerprint density at radius 2 is 1.69 bits per heavy atom. The lowest BCUT2D eigenvalue weighted by molar-refractivity contribution is -0.138. The van der Waals surface area contributed by atoms with Crippen LogP contribution in [0, 0.1) is 0 Å². The van der Waals surface area contributed by atoms with Crippen LogP contribution in [0.2, 0.25) is 0 Å². The van der Waals surface area contributed by atoms with Crippen LogP contribution >= 0.6 is 12.2 Å². The molecule has 140 valence electrons. The Kier molecular flexibility index (Phi) is 6.68. The number of ether oxygens (including phenoxy) is 2. The van der Waals surface area contributed by atoms with E-state index in [2.05, 4.69) is 5.32 Å². The summed E-state index contributed by atoms with van der Waals surface area (Å²) in [4.78, 5) is 1.07. The molecule has 2 aromatic carbocycles. The van der Waals surface area contributed by atoms with E-state index in [1.165, 1.54) is 14.2 Å². The first kappa shape index (κ1) is 19.8. The Balaban J connectivity index is 2.15. The van der Waals surface area contributed by atoms with Gasteiger partial charge in [-0.3, -0.25) is 0 Å². The molecular formula is C18H19F3N2O2S.